The third kappa shape index (κ3) is 13.2. The Morgan fingerprint density at radius 3 is 1.63 bits per heavy atom. The lowest BCUT2D eigenvalue weighted by Gasteiger charge is -2.25. The van der Waals surface area contributed by atoms with E-state index >= 15 is 0 Å². The molecule has 0 radical (unpaired) electrons. The highest BCUT2D eigenvalue weighted by Crippen LogP contribution is 2.17. The highest BCUT2D eigenvalue weighted by Gasteiger charge is 2.31. The van der Waals surface area contributed by atoms with Gasteiger partial charge in [0.25, 0.3) is 0 Å². The molecule has 0 aliphatic heterocycles. The van der Waals surface area contributed by atoms with Gasteiger partial charge in [-0.1, -0.05) is 103 Å². The maximum Gasteiger partial charge on any atom is 0.408 e. The van der Waals surface area contributed by atoms with Crippen LogP contribution in [0.1, 0.15) is 49.4 Å². The fourth-order valence-corrected chi connectivity index (χ4v) is 4.62. The Hall–Kier alpha value is -5.64. The second kappa shape index (κ2) is 18.1. The van der Waals surface area contributed by atoms with Crippen molar-refractivity contribution in [3.8, 4) is 5.75 Å². The van der Waals surface area contributed by atoms with Crippen LogP contribution in [0.2, 0.25) is 0 Å². The molecule has 10 nitrogen and oxygen atoms in total. The van der Waals surface area contributed by atoms with Crippen LogP contribution in [0.25, 0.3) is 0 Å². The number of nitrogens with one attached hydrogen (secondary N) is 2. The third-order valence-electron chi connectivity index (χ3n) is 7.06. The number of carbonyl (C=O) groups is 4. The number of ether oxygens (including phenoxy) is 4. The van der Waals surface area contributed by atoms with Gasteiger partial charge in [0.2, 0.25) is 5.91 Å². The van der Waals surface area contributed by atoms with Crippen LogP contribution in [0.4, 0.5) is 4.79 Å². The Bertz CT molecular complexity index is 1640. The smallest absolute Gasteiger partial charge is 0.408 e. The fraction of sp³-hybridized carbons (Fsp3) is 0.282. The maximum atomic E-state index is 13.7. The molecule has 0 saturated carbocycles. The summed E-state index contributed by atoms with van der Waals surface area (Å²) >= 11 is 0. The lowest BCUT2D eigenvalue weighted by atomic mass is 10.0. The number of amides is 2. The number of esters is 2. The number of hydrogen-bond donors (Lipinski definition) is 2. The first kappa shape index (κ1) is 36.2. The Morgan fingerprint density at radius 1 is 0.592 bits per heavy atom. The topological polar surface area (TPSA) is 129 Å². The van der Waals surface area contributed by atoms with Crippen LogP contribution in [-0.2, 0) is 54.8 Å². The lowest BCUT2D eigenvalue weighted by molar-refractivity contribution is -0.149. The number of alkyl carbamates (subject to hydrolysis) is 1. The summed E-state index contributed by atoms with van der Waals surface area (Å²) in [5, 5.41) is 5.15. The normalized spacial score (nSPS) is 12.1. The van der Waals surface area contributed by atoms with Crippen LogP contribution in [0.15, 0.2) is 115 Å². The van der Waals surface area contributed by atoms with Crippen molar-refractivity contribution in [2.45, 2.75) is 71.1 Å². The molecule has 49 heavy (non-hydrogen) atoms. The van der Waals surface area contributed by atoms with Gasteiger partial charge in [0.05, 0.1) is 6.42 Å². The maximum absolute atomic E-state index is 13.7. The number of carbonyl (C=O) groups excluding carboxylic acids is 4. The minimum atomic E-state index is -1.41. The minimum Gasteiger partial charge on any atom is -0.489 e. The van der Waals surface area contributed by atoms with E-state index in [1.165, 1.54) is 0 Å². The van der Waals surface area contributed by atoms with E-state index in [9.17, 15) is 19.2 Å². The molecule has 0 aliphatic rings. The summed E-state index contributed by atoms with van der Waals surface area (Å²) in [5.74, 6) is -1.57. The Morgan fingerprint density at radius 2 is 1.10 bits per heavy atom. The summed E-state index contributed by atoms with van der Waals surface area (Å²) in [7, 11) is 0. The second-order valence-electron chi connectivity index (χ2n) is 12.3. The van der Waals surface area contributed by atoms with Crippen molar-refractivity contribution in [1.82, 2.24) is 10.6 Å². The van der Waals surface area contributed by atoms with Crippen LogP contribution >= 0.6 is 0 Å². The van der Waals surface area contributed by atoms with E-state index < -0.39 is 48.0 Å². The third-order valence-corrected chi connectivity index (χ3v) is 7.06. The molecule has 4 aromatic carbocycles. The van der Waals surface area contributed by atoms with E-state index in [0.29, 0.717) is 17.9 Å². The van der Waals surface area contributed by atoms with E-state index in [-0.39, 0.29) is 19.6 Å². The summed E-state index contributed by atoms with van der Waals surface area (Å²) in [4.78, 5) is 52.7. The SMILES string of the molecule is CC(C)(C)OC(=O)N[C@@H](CC(=O)OCc1ccccc1)C(=O)N[C@H](Cc1ccc(OCc2ccccc2)cc1)C(=O)OCc1ccccc1. The van der Waals surface area contributed by atoms with Gasteiger partial charge in [0.15, 0.2) is 0 Å². The summed E-state index contributed by atoms with van der Waals surface area (Å²) in [6, 6.07) is 32.5. The van der Waals surface area contributed by atoms with Gasteiger partial charge < -0.3 is 29.6 Å². The monoisotopic (exact) mass is 666 g/mol. The molecular weight excluding hydrogens is 624 g/mol. The zero-order chi connectivity index (χ0) is 35.1. The Kier molecular flexibility index (Phi) is 13.3. The Labute approximate surface area is 286 Å². The van der Waals surface area contributed by atoms with Crippen molar-refractivity contribution in [3.63, 3.8) is 0 Å². The highest BCUT2D eigenvalue weighted by atomic mass is 16.6. The van der Waals surface area contributed by atoms with Crippen LogP contribution in [0.5, 0.6) is 5.75 Å². The molecule has 256 valence electrons. The van der Waals surface area contributed by atoms with Gasteiger partial charge in [-0.2, -0.15) is 0 Å². The predicted molar refractivity (Wildman–Crippen MR) is 183 cm³/mol. The zero-order valence-corrected chi connectivity index (χ0v) is 27.9. The molecule has 0 aromatic heterocycles. The summed E-state index contributed by atoms with van der Waals surface area (Å²) < 4.78 is 22.2. The summed E-state index contributed by atoms with van der Waals surface area (Å²) in [5.41, 5.74) is 2.41. The van der Waals surface area contributed by atoms with E-state index in [0.717, 1.165) is 16.7 Å². The van der Waals surface area contributed by atoms with E-state index in [1.807, 2.05) is 78.9 Å². The first-order chi connectivity index (χ1) is 23.5. The summed E-state index contributed by atoms with van der Waals surface area (Å²) in [6.45, 7) is 5.39. The minimum absolute atomic E-state index is 0.0102. The van der Waals surface area contributed by atoms with Crippen molar-refractivity contribution in [3.05, 3.63) is 138 Å². The van der Waals surface area contributed by atoms with E-state index in [1.54, 1.807) is 57.2 Å². The van der Waals surface area contributed by atoms with Crippen LogP contribution in [0, 0.1) is 0 Å². The molecule has 0 saturated heterocycles. The molecule has 2 atom stereocenters. The Balaban J connectivity index is 1.47. The van der Waals surface area contributed by atoms with E-state index in [4.69, 9.17) is 18.9 Å². The standard InChI is InChI=1S/C39H42N2O8/c1-39(2,3)49-38(45)41-33(24-35(42)47-26-30-15-9-5-10-16-30)36(43)40-34(37(44)48-27-31-17-11-6-12-18-31)23-28-19-21-32(22-20-28)46-25-29-13-7-4-8-14-29/h4-22,33-34H,23-27H2,1-3H3,(H,40,43)(H,41,45)/t33-,34+/m0/s1. The van der Waals surface area contributed by atoms with Gasteiger partial charge in [0.1, 0.15) is 43.3 Å². The lowest BCUT2D eigenvalue weighted by Crippen LogP contribution is -2.53. The second-order valence-corrected chi connectivity index (χ2v) is 12.3. The van der Waals surface area contributed by atoms with Crippen molar-refractivity contribution < 1.29 is 38.1 Å². The van der Waals surface area contributed by atoms with Crippen LogP contribution in [0.3, 0.4) is 0 Å². The molecule has 10 heteroatoms. The molecule has 0 spiro atoms. The quantitative estimate of drug-likeness (QED) is 0.116. The van der Waals surface area contributed by atoms with Crippen molar-refractivity contribution in [2.24, 2.45) is 0 Å². The highest BCUT2D eigenvalue weighted by molar-refractivity contribution is 5.92. The predicted octanol–water partition coefficient (Wildman–Crippen LogP) is 6.06. The van der Waals surface area contributed by atoms with Gasteiger partial charge in [-0.3, -0.25) is 9.59 Å². The van der Waals surface area contributed by atoms with Crippen LogP contribution in [-0.4, -0.2) is 41.6 Å². The van der Waals surface area contributed by atoms with Gasteiger partial charge in [-0.05, 0) is 55.2 Å². The molecule has 0 heterocycles. The molecule has 4 aromatic rings. The fourth-order valence-electron chi connectivity index (χ4n) is 4.62. The molecule has 0 aliphatic carbocycles. The van der Waals surface area contributed by atoms with Crippen molar-refractivity contribution >= 4 is 23.9 Å². The first-order valence-corrected chi connectivity index (χ1v) is 16.0. The van der Waals surface area contributed by atoms with E-state index in [2.05, 4.69) is 10.6 Å². The average Bonchev–Trinajstić information content (AvgIpc) is 3.09. The van der Waals surface area contributed by atoms with Crippen LogP contribution < -0.4 is 15.4 Å². The molecule has 0 fully saturated rings. The van der Waals surface area contributed by atoms with Gasteiger partial charge in [-0.15, -0.1) is 0 Å². The number of rotatable bonds is 15. The molecule has 4 rings (SSSR count). The van der Waals surface area contributed by atoms with Crippen molar-refractivity contribution in [1.29, 1.82) is 0 Å². The first-order valence-electron chi connectivity index (χ1n) is 16.0. The van der Waals surface area contributed by atoms with Gasteiger partial charge in [-0.25, -0.2) is 9.59 Å². The average molecular weight is 667 g/mol. The molecule has 2 N–H and O–H groups in total. The molecular formula is C39H42N2O8. The largest absolute Gasteiger partial charge is 0.489 e. The number of hydrogen-bond acceptors (Lipinski definition) is 8. The molecule has 0 bridgehead atoms. The zero-order valence-electron chi connectivity index (χ0n) is 27.9. The number of benzene rings is 4. The van der Waals surface area contributed by atoms with Gasteiger partial charge >= 0.3 is 18.0 Å². The molecule has 2 amide bonds. The molecule has 0 unspecified atom stereocenters. The van der Waals surface area contributed by atoms with Crippen molar-refractivity contribution in [2.75, 3.05) is 0 Å². The summed E-state index contributed by atoms with van der Waals surface area (Å²) in [6.07, 6.45) is -1.34. The van der Waals surface area contributed by atoms with Gasteiger partial charge in [0, 0.05) is 6.42 Å².